The van der Waals surface area contributed by atoms with Crippen molar-refractivity contribution in [3.63, 3.8) is 0 Å². The molecule has 24 heavy (non-hydrogen) atoms. The van der Waals surface area contributed by atoms with Crippen LogP contribution in [0.3, 0.4) is 0 Å². The number of aromatic amines is 1. The SMILES string of the molecule is O=C(C(=O)N1CCCCC1)c1c[nH]c2c(-c3ncco3)ccnc12. The topological polar surface area (TPSA) is 92.1 Å². The number of aromatic nitrogens is 3. The van der Waals surface area contributed by atoms with Crippen LogP contribution in [0.4, 0.5) is 0 Å². The second-order valence-corrected chi connectivity index (χ2v) is 5.80. The first-order chi connectivity index (χ1) is 11.8. The molecule has 1 aliphatic rings. The van der Waals surface area contributed by atoms with E-state index in [0.717, 1.165) is 19.3 Å². The van der Waals surface area contributed by atoms with Crippen molar-refractivity contribution in [1.29, 1.82) is 0 Å². The molecule has 3 aromatic heterocycles. The van der Waals surface area contributed by atoms with Gasteiger partial charge < -0.3 is 14.3 Å². The van der Waals surface area contributed by atoms with Gasteiger partial charge in [-0.2, -0.15) is 0 Å². The number of pyridine rings is 1. The number of ketones is 1. The molecule has 1 aliphatic heterocycles. The van der Waals surface area contributed by atoms with E-state index in [1.165, 1.54) is 12.5 Å². The zero-order valence-corrected chi connectivity index (χ0v) is 13.0. The number of fused-ring (bicyclic) bond motifs is 1. The molecule has 1 fully saturated rings. The highest BCUT2D eigenvalue weighted by Crippen LogP contribution is 2.27. The van der Waals surface area contributed by atoms with Crippen LogP contribution < -0.4 is 0 Å². The molecule has 122 valence electrons. The second-order valence-electron chi connectivity index (χ2n) is 5.80. The number of carbonyl (C=O) groups is 2. The molecule has 3 aromatic rings. The summed E-state index contributed by atoms with van der Waals surface area (Å²) in [5.41, 5.74) is 2.08. The third-order valence-electron chi connectivity index (χ3n) is 4.31. The maximum atomic E-state index is 12.6. The predicted molar refractivity (Wildman–Crippen MR) is 86.4 cm³/mol. The number of rotatable bonds is 3. The Bertz CT molecular complexity index is 892. The number of nitrogens with zero attached hydrogens (tertiary/aromatic N) is 3. The van der Waals surface area contributed by atoms with Gasteiger partial charge in [-0.25, -0.2) is 4.98 Å². The molecule has 0 aromatic carbocycles. The number of amides is 1. The predicted octanol–water partition coefficient (Wildman–Crippen LogP) is 2.41. The number of likely N-dealkylation sites (tertiary alicyclic amines) is 1. The standard InChI is InChI=1S/C17H16N4O3/c22-15(17(23)21-7-2-1-3-8-21)12-10-20-13-11(4-5-18-14(12)13)16-19-6-9-24-16/h4-6,9-10,20H,1-3,7-8H2. The molecule has 1 saturated heterocycles. The van der Waals surface area contributed by atoms with Crippen LogP contribution in [0.5, 0.6) is 0 Å². The van der Waals surface area contributed by atoms with Crippen molar-refractivity contribution in [2.75, 3.05) is 13.1 Å². The Hall–Kier alpha value is -2.96. The summed E-state index contributed by atoms with van der Waals surface area (Å²) in [7, 11) is 0. The first-order valence-corrected chi connectivity index (χ1v) is 7.95. The molecule has 0 bridgehead atoms. The Morgan fingerprint density at radius 1 is 1.12 bits per heavy atom. The lowest BCUT2D eigenvalue weighted by molar-refractivity contribution is -0.127. The highest BCUT2D eigenvalue weighted by molar-refractivity contribution is 6.44. The summed E-state index contributed by atoms with van der Waals surface area (Å²) in [6.45, 7) is 1.28. The Labute approximate surface area is 137 Å². The Morgan fingerprint density at radius 2 is 1.96 bits per heavy atom. The molecule has 1 N–H and O–H groups in total. The highest BCUT2D eigenvalue weighted by Gasteiger charge is 2.27. The summed E-state index contributed by atoms with van der Waals surface area (Å²) in [4.78, 5) is 38.1. The molecule has 0 saturated carbocycles. The fourth-order valence-corrected chi connectivity index (χ4v) is 3.09. The summed E-state index contributed by atoms with van der Waals surface area (Å²) in [6.07, 6.45) is 9.14. The summed E-state index contributed by atoms with van der Waals surface area (Å²) in [5, 5.41) is 0. The van der Waals surface area contributed by atoms with Crippen LogP contribution in [0.1, 0.15) is 29.6 Å². The third kappa shape index (κ3) is 2.38. The van der Waals surface area contributed by atoms with E-state index in [4.69, 9.17) is 4.42 Å². The quantitative estimate of drug-likeness (QED) is 0.590. The van der Waals surface area contributed by atoms with Crippen molar-refractivity contribution in [3.05, 3.63) is 36.5 Å². The van der Waals surface area contributed by atoms with Gasteiger partial charge >= 0.3 is 0 Å². The fraction of sp³-hybridized carbons (Fsp3) is 0.294. The number of carbonyl (C=O) groups excluding carboxylic acids is 2. The molecule has 1 amide bonds. The molecule has 0 unspecified atom stereocenters. The number of hydrogen-bond acceptors (Lipinski definition) is 5. The van der Waals surface area contributed by atoms with Crippen LogP contribution in [0.25, 0.3) is 22.5 Å². The molecule has 0 radical (unpaired) electrons. The van der Waals surface area contributed by atoms with Gasteiger partial charge in [0, 0.05) is 25.5 Å². The zero-order chi connectivity index (χ0) is 16.5. The van der Waals surface area contributed by atoms with E-state index in [1.807, 2.05) is 0 Å². The van der Waals surface area contributed by atoms with Gasteiger partial charge in [0.2, 0.25) is 5.89 Å². The van der Waals surface area contributed by atoms with Crippen LogP contribution >= 0.6 is 0 Å². The Morgan fingerprint density at radius 3 is 2.71 bits per heavy atom. The maximum absolute atomic E-state index is 12.6. The number of H-pyrrole nitrogens is 1. The minimum atomic E-state index is -0.528. The molecule has 0 aliphatic carbocycles. The number of Topliss-reactive ketones (excluding diaryl/α,β-unsaturated/α-hetero) is 1. The van der Waals surface area contributed by atoms with E-state index in [1.54, 1.807) is 23.4 Å². The highest BCUT2D eigenvalue weighted by atomic mass is 16.3. The molecule has 7 nitrogen and oxygen atoms in total. The van der Waals surface area contributed by atoms with Crippen LogP contribution in [0.15, 0.2) is 35.3 Å². The summed E-state index contributed by atoms with van der Waals surface area (Å²) < 4.78 is 5.32. The summed E-state index contributed by atoms with van der Waals surface area (Å²) in [6, 6.07) is 1.76. The number of nitrogens with one attached hydrogen (secondary N) is 1. The lowest BCUT2D eigenvalue weighted by Gasteiger charge is -2.25. The van der Waals surface area contributed by atoms with Gasteiger partial charge in [-0.15, -0.1) is 0 Å². The number of piperidine rings is 1. The minimum Gasteiger partial charge on any atom is -0.444 e. The molecular weight excluding hydrogens is 308 g/mol. The first-order valence-electron chi connectivity index (χ1n) is 7.95. The Balaban J connectivity index is 1.71. The minimum absolute atomic E-state index is 0.286. The molecule has 4 rings (SSSR count). The van der Waals surface area contributed by atoms with E-state index in [-0.39, 0.29) is 5.56 Å². The fourth-order valence-electron chi connectivity index (χ4n) is 3.09. The summed E-state index contributed by atoms with van der Waals surface area (Å²) >= 11 is 0. The molecule has 7 heteroatoms. The number of hydrogen-bond donors (Lipinski definition) is 1. The lowest BCUT2D eigenvalue weighted by Crippen LogP contribution is -2.40. The van der Waals surface area contributed by atoms with E-state index in [2.05, 4.69) is 15.0 Å². The van der Waals surface area contributed by atoms with Gasteiger partial charge in [0.05, 0.1) is 22.8 Å². The average Bonchev–Trinajstić information content (AvgIpc) is 3.30. The van der Waals surface area contributed by atoms with Gasteiger partial charge in [-0.05, 0) is 25.3 Å². The van der Waals surface area contributed by atoms with Gasteiger partial charge in [-0.3, -0.25) is 14.6 Å². The largest absolute Gasteiger partial charge is 0.444 e. The maximum Gasteiger partial charge on any atom is 0.295 e. The molecule has 4 heterocycles. The first kappa shape index (κ1) is 14.6. The van der Waals surface area contributed by atoms with Crippen LogP contribution in [-0.2, 0) is 4.79 Å². The van der Waals surface area contributed by atoms with Gasteiger partial charge in [0.25, 0.3) is 11.7 Å². The van der Waals surface area contributed by atoms with E-state index < -0.39 is 11.7 Å². The van der Waals surface area contributed by atoms with E-state index in [0.29, 0.717) is 35.6 Å². The van der Waals surface area contributed by atoms with Gasteiger partial charge in [0.15, 0.2) is 0 Å². The van der Waals surface area contributed by atoms with Crippen molar-refractivity contribution >= 4 is 22.7 Å². The second kappa shape index (κ2) is 5.92. The normalized spacial score (nSPS) is 14.9. The van der Waals surface area contributed by atoms with E-state index in [9.17, 15) is 9.59 Å². The van der Waals surface area contributed by atoms with Gasteiger partial charge in [-0.1, -0.05) is 0 Å². The third-order valence-corrected chi connectivity index (χ3v) is 4.31. The smallest absolute Gasteiger partial charge is 0.295 e. The van der Waals surface area contributed by atoms with Crippen molar-refractivity contribution < 1.29 is 14.0 Å². The molecule has 0 spiro atoms. The van der Waals surface area contributed by atoms with Crippen LogP contribution in [0.2, 0.25) is 0 Å². The van der Waals surface area contributed by atoms with Gasteiger partial charge in [0.1, 0.15) is 11.8 Å². The van der Waals surface area contributed by atoms with E-state index >= 15 is 0 Å². The zero-order valence-electron chi connectivity index (χ0n) is 13.0. The Kier molecular flexibility index (Phi) is 3.60. The summed E-state index contributed by atoms with van der Waals surface area (Å²) in [5.74, 6) is -0.551. The monoisotopic (exact) mass is 324 g/mol. The van der Waals surface area contributed by atoms with Crippen LogP contribution in [-0.4, -0.2) is 44.6 Å². The molecular formula is C17H16N4O3. The van der Waals surface area contributed by atoms with Crippen molar-refractivity contribution in [3.8, 4) is 11.5 Å². The van der Waals surface area contributed by atoms with Crippen molar-refractivity contribution in [2.45, 2.75) is 19.3 Å². The van der Waals surface area contributed by atoms with Crippen LogP contribution in [0, 0.1) is 0 Å². The molecule has 0 atom stereocenters. The average molecular weight is 324 g/mol. The lowest BCUT2D eigenvalue weighted by atomic mass is 10.1. The van der Waals surface area contributed by atoms with Crippen molar-refractivity contribution in [1.82, 2.24) is 19.9 Å². The number of oxazole rings is 1. The van der Waals surface area contributed by atoms with Crippen molar-refractivity contribution in [2.24, 2.45) is 0 Å².